The van der Waals surface area contributed by atoms with Gasteiger partial charge in [0.05, 0.1) is 94.9 Å². The fourth-order valence-corrected chi connectivity index (χ4v) is 11.6. The molecule has 0 unspecified atom stereocenters. The Bertz CT molecular complexity index is 4690. The average Bonchev–Trinajstić information content (AvgIpc) is 1.60. The Hall–Kier alpha value is -10.3. The second-order valence-corrected chi connectivity index (χ2v) is 26.7. The summed E-state index contributed by atoms with van der Waals surface area (Å²) in [6.07, 6.45) is 1.56. The second kappa shape index (κ2) is 21.3. The highest BCUT2D eigenvalue weighted by molar-refractivity contribution is 5.92. The number of fused-ring (bicyclic) bond motifs is 14. The molecule has 88 heavy (non-hydrogen) atoms. The van der Waals surface area contributed by atoms with Gasteiger partial charge in [0.25, 0.3) is 0 Å². The molecule has 0 aromatic heterocycles. The number of methoxy groups -OCH3 is 4. The first kappa shape index (κ1) is 58.1. The molecule has 4 aliphatic rings. The molecule has 4 aliphatic heterocycles. The predicted molar refractivity (Wildman–Crippen MR) is 348 cm³/mol. The molecule has 0 saturated heterocycles. The van der Waals surface area contributed by atoms with E-state index in [0.29, 0.717) is 45.3 Å². The van der Waals surface area contributed by atoms with Gasteiger partial charge in [0.15, 0.2) is 35.6 Å². The molecule has 0 spiro atoms. The fourth-order valence-electron chi connectivity index (χ4n) is 11.6. The molecular weight excluding hydrogens is 1090 g/mol. The van der Waals surface area contributed by atoms with Gasteiger partial charge in [-0.2, -0.15) is 0 Å². The maximum absolute atomic E-state index is 12.3. The van der Waals surface area contributed by atoms with Crippen molar-refractivity contribution in [2.24, 2.45) is 20.0 Å². The fraction of sp³-hybridized carbons (Fsp3) is 0.256. The monoisotopic (exact) mass is 1150 g/mol. The quantitative estimate of drug-likeness (QED) is 0.121. The number of hydrogen-bond donors (Lipinski definition) is 0. The highest BCUT2D eigenvalue weighted by Gasteiger charge is 2.31. The summed E-state index contributed by atoms with van der Waals surface area (Å²) in [5.41, 5.74) is 19.4. The lowest BCUT2D eigenvalue weighted by Gasteiger charge is -2.21. The summed E-state index contributed by atoms with van der Waals surface area (Å²) in [5, 5.41) is 3.11. The van der Waals surface area contributed by atoms with E-state index in [9.17, 15) is 9.59 Å². The van der Waals surface area contributed by atoms with Gasteiger partial charge in [-0.05, 0) is 116 Å². The van der Waals surface area contributed by atoms with Gasteiger partial charge in [-0.25, -0.2) is 20.0 Å². The van der Waals surface area contributed by atoms with Gasteiger partial charge in [0.2, 0.25) is 0 Å². The lowest BCUT2D eigenvalue weighted by atomic mass is 9.83. The molecule has 0 aliphatic carbocycles. The average molecular weight is 1160 g/mol. The third kappa shape index (κ3) is 10.1. The van der Waals surface area contributed by atoms with Crippen LogP contribution in [-0.4, -0.2) is 41.0 Å². The summed E-state index contributed by atoms with van der Waals surface area (Å²) in [5.74, 6) is 28.7. The molecule has 10 nitrogen and oxygen atoms in total. The first-order valence-corrected chi connectivity index (χ1v) is 29.3. The van der Waals surface area contributed by atoms with Gasteiger partial charge in [-0.1, -0.05) is 143 Å². The summed E-state index contributed by atoms with van der Waals surface area (Å²) >= 11 is 0. The molecule has 12 rings (SSSR count). The van der Waals surface area contributed by atoms with E-state index in [1.807, 2.05) is 0 Å². The Balaban J connectivity index is 0.957. The number of benzene rings is 8. The third-order valence-electron chi connectivity index (χ3n) is 16.7. The minimum atomic E-state index is -0.207. The van der Waals surface area contributed by atoms with Crippen LogP contribution >= 0.6 is 0 Å². The number of carbonyl (C=O) groups is 2. The Labute approximate surface area is 514 Å². The molecule has 0 N–H and O–H groups in total. The largest absolute Gasteiger partial charge is 0.493 e. The van der Waals surface area contributed by atoms with Crippen LogP contribution < -0.4 is 40.4 Å². The maximum Gasteiger partial charge on any atom is 0.162 e. The Kier molecular flexibility index (Phi) is 14.1. The zero-order valence-electron chi connectivity index (χ0n) is 52.6. The SMILES string of the molecule is COc1cc(C#Cc2cc(C(C)(C)C)cc3c2N=c2c-3ccc3c2=Nc2c(C#CC#Cc4cc(C(C)(C)C)cc5c4N=c4c-5ccc5c4=Nc4c(C#Cc6cc(OC)c(OC)cc6C=O)cc(C(C)(C)C)cc4-5)cc(C(C)(C)C)cc2-3)c(C=O)cc1OC. The van der Waals surface area contributed by atoms with E-state index in [2.05, 4.69) is 203 Å². The van der Waals surface area contributed by atoms with E-state index in [0.717, 1.165) is 146 Å². The van der Waals surface area contributed by atoms with Crippen LogP contribution in [-0.2, 0) is 21.7 Å². The topological polar surface area (TPSA) is 121 Å². The van der Waals surface area contributed by atoms with Crippen molar-refractivity contribution < 1.29 is 28.5 Å². The number of rotatable bonds is 6. The van der Waals surface area contributed by atoms with Crippen LogP contribution in [0.3, 0.4) is 0 Å². The van der Waals surface area contributed by atoms with Crippen LogP contribution in [0.2, 0.25) is 0 Å². The van der Waals surface area contributed by atoms with Crippen molar-refractivity contribution in [1.29, 1.82) is 0 Å². The molecular formula is C78H66N4O6. The lowest BCUT2D eigenvalue weighted by molar-refractivity contribution is 0.111. The molecule has 0 amide bonds. The molecule has 0 fully saturated rings. The predicted octanol–water partition coefficient (Wildman–Crippen LogP) is 14.5. The Morgan fingerprint density at radius 3 is 0.784 bits per heavy atom. The van der Waals surface area contributed by atoms with E-state index < -0.39 is 0 Å². The zero-order chi connectivity index (χ0) is 62.5. The first-order valence-electron chi connectivity index (χ1n) is 29.3. The summed E-state index contributed by atoms with van der Waals surface area (Å²) < 4.78 is 22.1. The van der Waals surface area contributed by atoms with Crippen molar-refractivity contribution in [2.45, 2.75) is 105 Å². The Morgan fingerprint density at radius 2 is 0.545 bits per heavy atom. The molecule has 10 heteroatoms. The number of carbonyl (C=O) groups excluding carboxylic acids is 2. The minimum Gasteiger partial charge on any atom is -0.493 e. The summed E-state index contributed by atoms with van der Waals surface area (Å²) in [6, 6.07) is 32.8. The van der Waals surface area contributed by atoms with Crippen LogP contribution in [0.1, 0.15) is 159 Å². The molecule has 0 bridgehead atoms. The zero-order valence-corrected chi connectivity index (χ0v) is 52.6. The highest BCUT2D eigenvalue weighted by Crippen LogP contribution is 2.46. The van der Waals surface area contributed by atoms with Crippen LogP contribution in [0.4, 0.5) is 22.7 Å². The van der Waals surface area contributed by atoms with Gasteiger partial charge in [0.1, 0.15) is 0 Å². The van der Waals surface area contributed by atoms with Crippen molar-refractivity contribution in [3.8, 4) is 115 Å². The number of aldehydes is 2. The normalized spacial score (nSPS) is 12.4. The van der Waals surface area contributed by atoms with Gasteiger partial charge in [0, 0.05) is 78.9 Å². The second-order valence-electron chi connectivity index (χ2n) is 26.7. The van der Waals surface area contributed by atoms with Crippen LogP contribution in [0, 0.1) is 47.4 Å². The van der Waals surface area contributed by atoms with E-state index >= 15 is 0 Å². The maximum atomic E-state index is 12.3. The van der Waals surface area contributed by atoms with Crippen molar-refractivity contribution >= 4 is 35.3 Å². The summed E-state index contributed by atoms with van der Waals surface area (Å²) in [6.45, 7) is 26.3. The Morgan fingerprint density at radius 1 is 0.307 bits per heavy atom. The van der Waals surface area contributed by atoms with Gasteiger partial charge < -0.3 is 18.9 Å². The van der Waals surface area contributed by atoms with E-state index in [-0.39, 0.29) is 21.7 Å². The minimum absolute atomic E-state index is 0.206. The number of ether oxygens (including phenoxy) is 4. The molecule has 8 aromatic rings. The smallest absolute Gasteiger partial charge is 0.162 e. The molecule has 8 aromatic carbocycles. The molecule has 0 atom stereocenters. The van der Waals surface area contributed by atoms with Crippen LogP contribution in [0.25, 0.3) is 44.5 Å². The van der Waals surface area contributed by atoms with Crippen molar-refractivity contribution in [3.05, 3.63) is 185 Å². The lowest BCUT2D eigenvalue weighted by Crippen LogP contribution is -2.25. The van der Waals surface area contributed by atoms with E-state index in [1.54, 1.807) is 38.5 Å². The molecule has 0 saturated carbocycles. The molecule has 4 heterocycles. The van der Waals surface area contributed by atoms with E-state index in [1.165, 1.54) is 14.2 Å². The van der Waals surface area contributed by atoms with Crippen molar-refractivity contribution in [3.63, 3.8) is 0 Å². The van der Waals surface area contributed by atoms with Crippen LogP contribution in [0.5, 0.6) is 23.0 Å². The standard InChI is InChI=1S/C78H66N4O6/c1-75(2,3)51-29-45(67-59(37-51)55-25-27-57-61-39-53(77(7,8)9)31-47(69(61)81-73(57)71(55)79-67)23-21-43-33-63(85-13)65(87-15)35-49(43)41-83)19-17-18-20-46-30-52(76(4,5)6)38-60-56-26-28-58-62-40-54(78(10,11)12)32-48(70(62)82-74(58)72(56)80-68(46)60)24-22-44-34-64(86-14)66(88-16)36-50(44)42-84/h25-42H,1-16H3. The van der Waals surface area contributed by atoms with E-state index in [4.69, 9.17) is 38.9 Å². The molecule has 434 valence electrons. The van der Waals surface area contributed by atoms with Gasteiger partial charge in [-0.15, -0.1) is 0 Å². The summed E-state index contributed by atoms with van der Waals surface area (Å²) in [4.78, 5) is 46.1. The van der Waals surface area contributed by atoms with Crippen molar-refractivity contribution in [2.75, 3.05) is 28.4 Å². The number of hydrogen-bond acceptors (Lipinski definition) is 10. The van der Waals surface area contributed by atoms with Gasteiger partial charge >= 0.3 is 0 Å². The highest BCUT2D eigenvalue weighted by atomic mass is 16.5. The first-order chi connectivity index (χ1) is 41.8. The molecule has 0 radical (unpaired) electrons. The van der Waals surface area contributed by atoms with Crippen molar-refractivity contribution in [1.82, 2.24) is 0 Å². The third-order valence-corrected chi connectivity index (χ3v) is 16.7. The van der Waals surface area contributed by atoms with Crippen LogP contribution in [0.15, 0.2) is 117 Å². The summed E-state index contributed by atoms with van der Waals surface area (Å²) in [7, 11) is 6.20. The number of nitrogens with zero attached hydrogens (tertiary/aromatic N) is 4. The van der Waals surface area contributed by atoms with Gasteiger partial charge in [-0.3, -0.25) is 9.59 Å².